The molecule has 120 valence electrons. The highest BCUT2D eigenvalue weighted by Crippen LogP contribution is 2.12. The number of benzene rings is 2. The van der Waals surface area contributed by atoms with Gasteiger partial charge in [0, 0.05) is 6.54 Å². The van der Waals surface area contributed by atoms with Crippen molar-refractivity contribution in [2.24, 2.45) is 5.73 Å². The van der Waals surface area contributed by atoms with Gasteiger partial charge in [0.25, 0.3) is 0 Å². The predicted molar refractivity (Wildman–Crippen MR) is 84.5 cm³/mol. The van der Waals surface area contributed by atoms with Crippen molar-refractivity contribution >= 4 is 12.1 Å². The van der Waals surface area contributed by atoms with E-state index in [1.165, 1.54) is 0 Å². The smallest absolute Gasteiger partial charge is 0.407 e. The van der Waals surface area contributed by atoms with Crippen molar-refractivity contribution in [1.82, 2.24) is 5.32 Å². The van der Waals surface area contributed by atoms with E-state index >= 15 is 0 Å². The summed E-state index contributed by atoms with van der Waals surface area (Å²) in [6.07, 6.45) is -0.514. The molecule has 0 radical (unpaired) electrons. The minimum atomic E-state index is -1.08. The fraction of sp³-hybridized carbons (Fsp3) is 0.176. The minimum absolute atomic E-state index is 0.207. The van der Waals surface area contributed by atoms with Crippen LogP contribution in [-0.2, 0) is 22.7 Å². The molecule has 0 aliphatic heterocycles. The summed E-state index contributed by atoms with van der Waals surface area (Å²) in [7, 11) is 0. The first kappa shape index (κ1) is 16.5. The molecule has 0 aliphatic rings. The van der Waals surface area contributed by atoms with E-state index in [4.69, 9.17) is 15.6 Å². The zero-order valence-electron chi connectivity index (χ0n) is 12.4. The number of nitrogens with one attached hydrogen (secondary N) is 1. The summed E-state index contributed by atoms with van der Waals surface area (Å²) in [6.45, 7) is 0.495. The van der Waals surface area contributed by atoms with Gasteiger partial charge in [-0.1, -0.05) is 54.6 Å². The molecule has 0 fully saturated rings. The lowest BCUT2D eigenvalue weighted by Crippen LogP contribution is -2.24. The molecule has 2 aromatic carbocycles. The molecule has 0 aliphatic carbocycles. The molecule has 0 spiro atoms. The molecule has 0 aromatic heterocycles. The lowest BCUT2D eigenvalue weighted by atomic mass is 10.1. The molecular formula is C17H18N2O4. The zero-order chi connectivity index (χ0) is 16.7. The Hall–Kier alpha value is -2.86. The van der Waals surface area contributed by atoms with Gasteiger partial charge in [-0.2, -0.15) is 0 Å². The third-order valence-electron chi connectivity index (χ3n) is 3.25. The van der Waals surface area contributed by atoms with Gasteiger partial charge < -0.3 is 20.9 Å². The molecule has 0 saturated heterocycles. The summed E-state index contributed by atoms with van der Waals surface area (Å²) in [5, 5.41) is 11.5. The topological polar surface area (TPSA) is 102 Å². The Bertz CT molecular complexity index is 656. The molecule has 0 heterocycles. The van der Waals surface area contributed by atoms with Gasteiger partial charge in [0.15, 0.2) is 0 Å². The Labute approximate surface area is 133 Å². The maximum atomic E-state index is 11.6. The van der Waals surface area contributed by atoms with E-state index in [2.05, 4.69) is 5.32 Å². The minimum Gasteiger partial charge on any atom is -0.480 e. The van der Waals surface area contributed by atoms with Gasteiger partial charge >= 0.3 is 12.1 Å². The van der Waals surface area contributed by atoms with Crippen LogP contribution in [-0.4, -0.2) is 17.2 Å². The first-order chi connectivity index (χ1) is 11.1. The second-order valence-electron chi connectivity index (χ2n) is 4.97. The van der Waals surface area contributed by atoms with E-state index in [1.807, 2.05) is 30.3 Å². The summed E-state index contributed by atoms with van der Waals surface area (Å²) in [5.74, 6) is -1.08. The highest BCUT2D eigenvalue weighted by atomic mass is 16.5. The van der Waals surface area contributed by atoms with Crippen LogP contribution < -0.4 is 11.1 Å². The molecule has 0 bridgehead atoms. The van der Waals surface area contributed by atoms with Crippen LogP contribution in [0.1, 0.15) is 22.7 Å². The number of carboxylic acids is 1. The number of aliphatic carboxylic acids is 1. The summed E-state index contributed by atoms with van der Waals surface area (Å²) in [5.41, 5.74) is 7.76. The summed E-state index contributed by atoms with van der Waals surface area (Å²) in [6, 6.07) is 15.0. The van der Waals surface area contributed by atoms with Crippen molar-refractivity contribution in [3.8, 4) is 0 Å². The lowest BCUT2D eigenvalue weighted by molar-refractivity contribution is -0.138. The first-order valence-corrected chi connectivity index (χ1v) is 7.08. The number of alkyl carbamates (subject to hydrolysis) is 1. The number of rotatable bonds is 6. The van der Waals surface area contributed by atoms with E-state index in [0.29, 0.717) is 5.56 Å². The van der Waals surface area contributed by atoms with E-state index in [0.717, 1.165) is 11.1 Å². The quantitative estimate of drug-likeness (QED) is 0.758. The van der Waals surface area contributed by atoms with Gasteiger partial charge in [0.05, 0.1) is 0 Å². The number of carbonyl (C=O) groups excluding carboxylic acids is 1. The number of nitrogens with two attached hydrogens (primary N) is 1. The Morgan fingerprint density at radius 1 is 1.04 bits per heavy atom. The Morgan fingerprint density at radius 3 is 2.30 bits per heavy atom. The van der Waals surface area contributed by atoms with E-state index < -0.39 is 18.1 Å². The van der Waals surface area contributed by atoms with Crippen molar-refractivity contribution in [3.63, 3.8) is 0 Å². The van der Waals surface area contributed by atoms with Crippen LogP contribution in [0.25, 0.3) is 0 Å². The Morgan fingerprint density at radius 2 is 1.70 bits per heavy atom. The van der Waals surface area contributed by atoms with Crippen molar-refractivity contribution in [2.45, 2.75) is 19.2 Å². The first-order valence-electron chi connectivity index (χ1n) is 7.08. The highest BCUT2D eigenvalue weighted by Gasteiger charge is 2.13. The van der Waals surface area contributed by atoms with E-state index in [-0.39, 0.29) is 13.2 Å². The molecule has 2 aromatic rings. The van der Waals surface area contributed by atoms with Crippen LogP contribution in [0.3, 0.4) is 0 Å². The van der Waals surface area contributed by atoms with Crippen LogP contribution in [0.15, 0.2) is 54.6 Å². The average molecular weight is 314 g/mol. The highest BCUT2D eigenvalue weighted by molar-refractivity contribution is 5.75. The Kier molecular flexibility index (Phi) is 5.71. The normalized spacial score (nSPS) is 11.5. The van der Waals surface area contributed by atoms with Crippen molar-refractivity contribution in [3.05, 3.63) is 71.3 Å². The fourth-order valence-electron chi connectivity index (χ4n) is 1.93. The molecule has 1 amide bonds. The predicted octanol–water partition coefficient (Wildman–Crippen LogP) is 2.20. The van der Waals surface area contributed by atoms with Gasteiger partial charge in [-0.15, -0.1) is 0 Å². The van der Waals surface area contributed by atoms with Crippen LogP contribution in [0.5, 0.6) is 0 Å². The van der Waals surface area contributed by atoms with E-state index in [9.17, 15) is 9.59 Å². The maximum absolute atomic E-state index is 11.6. The van der Waals surface area contributed by atoms with Crippen LogP contribution in [0.4, 0.5) is 4.79 Å². The number of carboxylic acid groups (broad SMARTS) is 1. The molecule has 0 saturated carbocycles. The fourth-order valence-corrected chi connectivity index (χ4v) is 1.93. The van der Waals surface area contributed by atoms with Gasteiger partial charge in [-0.25, -0.2) is 4.79 Å². The summed E-state index contributed by atoms with van der Waals surface area (Å²) < 4.78 is 5.10. The van der Waals surface area contributed by atoms with Gasteiger partial charge in [-0.05, 0) is 16.7 Å². The third-order valence-corrected chi connectivity index (χ3v) is 3.25. The van der Waals surface area contributed by atoms with Crippen LogP contribution >= 0.6 is 0 Å². The van der Waals surface area contributed by atoms with Gasteiger partial charge in [0.2, 0.25) is 0 Å². The SMILES string of the molecule is N[C@@H](C(=O)O)c1ccc(CNC(=O)OCc2ccccc2)cc1. The molecule has 6 heteroatoms. The van der Waals surface area contributed by atoms with E-state index in [1.54, 1.807) is 24.3 Å². The molecular weight excluding hydrogens is 296 g/mol. The van der Waals surface area contributed by atoms with Crippen LogP contribution in [0, 0.1) is 0 Å². The largest absolute Gasteiger partial charge is 0.480 e. The molecule has 1 atom stereocenters. The summed E-state index contributed by atoms with van der Waals surface area (Å²) in [4.78, 5) is 22.4. The molecule has 0 unspecified atom stereocenters. The second-order valence-corrected chi connectivity index (χ2v) is 4.97. The summed E-state index contributed by atoms with van der Waals surface area (Å²) >= 11 is 0. The average Bonchev–Trinajstić information content (AvgIpc) is 2.58. The van der Waals surface area contributed by atoms with Crippen molar-refractivity contribution < 1.29 is 19.4 Å². The lowest BCUT2D eigenvalue weighted by Gasteiger charge is -2.09. The Balaban J connectivity index is 1.79. The molecule has 23 heavy (non-hydrogen) atoms. The standard InChI is InChI=1S/C17H18N2O4/c18-15(16(20)21)14-8-6-12(7-9-14)10-19-17(22)23-11-13-4-2-1-3-5-13/h1-9,15H,10-11,18H2,(H,19,22)(H,20,21)/t15-/m1/s1. The van der Waals surface area contributed by atoms with Gasteiger partial charge in [0.1, 0.15) is 12.6 Å². The monoisotopic (exact) mass is 314 g/mol. The molecule has 6 nitrogen and oxygen atoms in total. The van der Waals surface area contributed by atoms with Gasteiger partial charge in [-0.3, -0.25) is 4.79 Å². The second kappa shape index (κ2) is 7.95. The number of hydrogen-bond donors (Lipinski definition) is 3. The number of carbonyl (C=O) groups is 2. The maximum Gasteiger partial charge on any atom is 0.407 e. The van der Waals surface area contributed by atoms with Crippen molar-refractivity contribution in [2.75, 3.05) is 0 Å². The molecule has 2 rings (SSSR count). The third kappa shape index (κ3) is 5.12. The number of ether oxygens (including phenoxy) is 1. The number of amides is 1. The van der Waals surface area contributed by atoms with Crippen molar-refractivity contribution in [1.29, 1.82) is 0 Å². The molecule has 4 N–H and O–H groups in total. The van der Waals surface area contributed by atoms with Crippen LogP contribution in [0.2, 0.25) is 0 Å². The number of hydrogen-bond acceptors (Lipinski definition) is 4. The zero-order valence-corrected chi connectivity index (χ0v) is 12.4.